The molecule has 68 valence electrons. The van der Waals surface area contributed by atoms with E-state index in [-0.39, 0.29) is 11.8 Å². The van der Waals surface area contributed by atoms with E-state index in [9.17, 15) is 5.11 Å². The van der Waals surface area contributed by atoms with Crippen molar-refractivity contribution in [1.82, 2.24) is 14.6 Å². The van der Waals surface area contributed by atoms with Gasteiger partial charge >= 0.3 is 0 Å². The van der Waals surface area contributed by atoms with Crippen LogP contribution in [0.4, 0.5) is 0 Å². The van der Waals surface area contributed by atoms with Gasteiger partial charge < -0.3 is 5.11 Å². The molecule has 4 heteroatoms. The summed E-state index contributed by atoms with van der Waals surface area (Å²) in [7, 11) is 0. The average Bonchev–Trinajstić information content (AvgIpc) is 2.48. The molecule has 0 unspecified atom stereocenters. The molecule has 0 aliphatic carbocycles. The van der Waals surface area contributed by atoms with Gasteiger partial charge in [-0.2, -0.15) is 0 Å². The van der Waals surface area contributed by atoms with Gasteiger partial charge in [0.25, 0.3) is 0 Å². The van der Waals surface area contributed by atoms with E-state index >= 15 is 0 Å². The fourth-order valence-electron chi connectivity index (χ4n) is 1.28. The lowest BCUT2D eigenvalue weighted by Gasteiger charge is -2.06. The topological polar surface area (TPSA) is 50.4 Å². The summed E-state index contributed by atoms with van der Waals surface area (Å²) >= 11 is 0. The summed E-state index contributed by atoms with van der Waals surface area (Å²) in [6.07, 6.45) is 3.37. The molecular formula is C9H11N3O. The van der Waals surface area contributed by atoms with Crippen LogP contribution in [0.3, 0.4) is 0 Å². The molecule has 0 atom stereocenters. The zero-order valence-corrected chi connectivity index (χ0v) is 7.60. The number of rotatable bonds is 1. The average molecular weight is 177 g/mol. The summed E-state index contributed by atoms with van der Waals surface area (Å²) in [6, 6.07) is 1.85. The van der Waals surface area contributed by atoms with Crippen molar-refractivity contribution < 1.29 is 5.11 Å². The summed E-state index contributed by atoms with van der Waals surface area (Å²) in [5.74, 6) is 0.342. The number of aromatic hydroxyl groups is 1. The largest absolute Gasteiger partial charge is 0.492 e. The summed E-state index contributed by atoms with van der Waals surface area (Å²) in [4.78, 5) is 4.09. The molecule has 2 aromatic rings. The van der Waals surface area contributed by atoms with Crippen LogP contribution in [0.25, 0.3) is 5.65 Å². The molecule has 2 heterocycles. The number of fused-ring (bicyclic) bond motifs is 1. The van der Waals surface area contributed by atoms with Gasteiger partial charge in [0.15, 0.2) is 5.65 Å². The van der Waals surface area contributed by atoms with Gasteiger partial charge in [-0.1, -0.05) is 13.8 Å². The molecule has 0 fully saturated rings. The Morgan fingerprint density at radius 1 is 1.46 bits per heavy atom. The number of nitrogens with zero attached hydrogens (tertiary/aromatic N) is 3. The van der Waals surface area contributed by atoms with E-state index in [1.807, 2.05) is 19.9 Å². The maximum atomic E-state index is 9.54. The molecule has 0 radical (unpaired) electrons. The molecule has 0 spiro atoms. The molecular weight excluding hydrogens is 166 g/mol. The van der Waals surface area contributed by atoms with E-state index in [0.29, 0.717) is 0 Å². The van der Waals surface area contributed by atoms with Crippen LogP contribution in [0.5, 0.6) is 5.88 Å². The van der Waals surface area contributed by atoms with Gasteiger partial charge in [-0.25, -0.2) is 9.50 Å². The molecule has 0 saturated heterocycles. The molecule has 2 rings (SSSR count). The highest BCUT2D eigenvalue weighted by Crippen LogP contribution is 2.23. The molecule has 13 heavy (non-hydrogen) atoms. The van der Waals surface area contributed by atoms with Crippen molar-refractivity contribution in [2.75, 3.05) is 0 Å². The van der Waals surface area contributed by atoms with Gasteiger partial charge in [-0.3, -0.25) is 0 Å². The Hall–Kier alpha value is -1.58. The van der Waals surface area contributed by atoms with E-state index in [1.165, 1.54) is 0 Å². The van der Waals surface area contributed by atoms with E-state index in [2.05, 4.69) is 10.1 Å². The van der Waals surface area contributed by atoms with Crippen LogP contribution in [0.1, 0.15) is 25.3 Å². The third-order valence-corrected chi connectivity index (χ3v) is 2.02. The minimum absolute atomic E-state index is 0.0838. The highest BCUT2D eigenvalue weighted by atomic mass is 16.3. The highest BCUT2D eigenvalue weighted by molar-refractivity contribution is 5.44. The van der Waals surface area contributed by atoms with Crippen LogP contribution in [0.2, 0.25) is 0 Å². The molecule has 4 nitrogen and oxygen atoms in total. The van der Waals surface area contributed by atoms with Crippen molar-refractivity contribution in [3.05, 3.63) is 24.0 Å². The van der Waals surface area contributed by atoms with Crippen LogP contribution in [-0.4, -0.2) is 19.7 Å². The van der Waals surface area contributed by atoms with E-state index in [1.54, 1.807) is 16.9 Å². The van der Waals surface area contributed by atoms with Crippen LogP contribution in [0, 0.1) is 0 Å². The standard InChI is InChI=1S/C9H11N3O/c1-6(2)7-5-8-10-3-4-12(8)11-9(7)13/h3-6H,1-2H3,(H,11,13). The monoisotopic (exact) mass is 177 g/mol. The molecule has 0 bridgehead atoms. The Kier molecular flexibility index (Phi) is 1.69. The molecule has 0 aliphatic heterocycles. The summed E-state index contributed by atoms with van der Waals surface area (Å²) in [6.45, 7) is 4.02. The number of hydrogen-bond acceptors (Lipinski definition) is 3. The number of imidazole rings is 1. The lowest BCUT2D eigenvalue weighted by atomic mass is 10.1. The second-order valence-electron chi connectivity index (χ2n) is 3.31. The highest BCUT2D eigenvalue weighted by Gasteiger charge is 2.09. The van der Waals surface area contributed by atoms with Crippen LogP contribution in [-0.2, 0) is 0 Å². The number of aromatic nitrogens is 3. The Bertz CT molecular complexity index is 433. The van der Waals surface area contributed by atoms with Crippen molar-refractivity contribution in [2.45, 2.75) is 19.8 Å². The first-order chi connectivity index (χ1) is 6.18. The second-order valence-corrected chi connectivity index (χ2v) is 3.31. The Morgan fingerprint density at radius 2 is 2.23 bits per heavy atom. The Labute approximate surface area is 75.8 Å². The minimum Gasteiger partial charge on any atom is -0.492 e. The SMILES string of the molecule is CC(C)c1cc2nccn2nc1O. The van der Waals surface area contributed by atoms with Crippen molar-refractivity contribution in [2.24, 2.45) is 0 Å². The first-order valence-corrected chi connectivity index (χ1v) is 4.21. The predicted octanol–water partition coefficient (Wildman–Crippen LogP) is 1.56. The van der Waals surface area contributed by atoms with E-state index < -0.39 is 0 Å². The van der Waals surface area contributed by atoms with Crippen LogP contribution < -0.4 is 0 Å². The van der Waals surface area contributed by atoms with Crippen molar-refractivity contribution >= 4 is 5.65 Å². The second kappa shape index (κ2) is 2.73. The lowest BCUT2D eigenvalue weighted by Crippen LogP contribution is -1.96. The molecule has 2 aromatic heterocycles. The molecule has 0 aliphatic rings. The molecule has 0 amide bonds. The van der Waals surface area contributed by atoms with Gasteiger partial charge in [0.1, 0.15) is 0 Å². The summed E-state index contributed by atoms with van der Waals surface area (Å²) < 4.78 is 1.56. The third-order valence-electron chi connectivity index (χ3n) is 2.02. The van der Waals surface area contributed by atoms with Gasteiger partial charge in [0.2, 0.25) is 5.88 Å². The summed E-state index contributed by atoms with van der Waals surface area (Å²) in [5, 5.41) is 13.5. The molecule has 0 saturated carbocycles. The van der Waals surface area contributed by atoms with Crippen molar-refractivity contribution in [3.63, 3.8) is 0 Å². The fraction of sp³-hybridized carbons (Fsp3) is 0.333. The quantitative estimate of drug-likeness (QED) is 0.719. The van der Waals surface area contributed by atoms with Crippen molar-refractivity contribution in [3.8, 4) is 5.88 Å². The fourth-order valence-corrected chi connectivity index (χ4v) is 1.28. The maximum Gasteiger partial charge on any atom is 0.232 e. The molecule has 1 N–H and O–H groups in total. The Morgan fingerprint density at radius 3 is 2.92 bits per heavy atom. The zero-order valence-electron chi connectivity index (χ0n) is 7.60. The van der Waals surface area contributed by atoms with E-state index in [0.717, 1.165) is 11.2 Å². The first-order valence-electron chi connectivity index (χ1n) is 4.21. The van der Waals surface area contributed by atoms with Crippen LogP contribution in [0.15, 0.2) is 18.5 Å². The zero-order chi connectivity index (χ0) is 9.42. The molecule has 0 aromatic carbocycles. The minimum atomic E-state index is 0.0838. The van der Waals surface area contributed by atoms with E-state index in [4.69, 9.17) is 0 Å². The summed E-state index contributed by atoms with van der Waals surface area (Å²) in [5.41, 5.74) is 1.60. The smallest absolute Gasteiger partial charge is 0.232 e. The normalized spacial score (nSPS) is 11.3. The van der Waals surface area contributed by atoms with Gasteiger partial charge in [0, 0.05) is 18.0 Å². The van der Waals surface area contributed by atoms with Gasteiger partial charge in [-0.05, 0) is 12.0 Å². The van der Waals surface area contributed by atoms with Gasteiger partial charge in [0.05, 0.1) is 0 Å². The maximum absolute atomic E-state index is 9.54. The lowest BCUT2D eigenvalue weighted by molar-refractivity contribution is 0.431. The van der Waals surface area contributed by atoms with Gasteiger partial charge in [-0.15, -0.1) is 5.10 Å². The van der Waals surface area contributed by atoms with Crippen molar-refractivity contribution in [1.29, 1.82) is 0 Å². The third kappa shape index (κ3) is 1.24. The first kappa shape index (κ1) is 8.04. The Balaban J connectivity index is 2.69. The predicted molar refractivity (Wildman–Crippen MR) is 48.7 cm³/mol. The van der Waals surface area contributed by atoms with Crippen LogP contribution >= 0.6 is 0 Å². The number of hydrogen-bond donors (Lipinski definition) is 1.